The smallest absolute Gasteiger partial charge is 0.435 e. The van der Waals surface area contributed by atoms with E-state index in [2.05, 4.69) is 15.6 Å². The molecule has 3 aromatic rings. The number of ether oxygens (including phenoxy) is 1. The van der Waals surface area contributed by atoms with Crippen molar-refractivity contribution in [3.8, 4) is 11.4 Å². The molecule has 2 aromatic carbocycles. The number of carbonyl (C=O) groups excluding carboxylic acids is 2. The molecule has 1 N–H and O–H groups in total. The van der Waals surface area contributed by atoms with Gasteiger partial charge in [-0.05, 0) is 42.8 Å². The SMILES string of the molecule is COc1cc(NC(=O)c2nnn(-c3ccc(F)cc3)c2C(F)(F)F)ccc1N1CCCC1=O. The number of benzene rings is 2. The predicted octanol–water partition coefficient (Wildman–Crippen LogP) is 3.81. The molecular weight excluding hydrogens is 446 g/mol. The van der Waals surface area contributed by atoms with Crippen molar-refractivity contribution in [2.75, 3.05) is 23.9 Å². The van der Waals surface area contributed by atoms with E-state index in [1.807, 2.05) is 0 Å². The second kappa shape index (κ2) is 8.52. The summed E-state index contributed by atoms with van der Waals surface area (Å²) in [6, 6.07) is 8.49. The van der Waals surface area contributed by atoms with Crippen LogP contribution in [0.5, 0.6) is 5.75 Å². The van der Waals surface area contributed by atoms with Crippen LogP contribution in [0.4, 0.5) is 28.9 Å². The summed E-state index contributed by atoms with van der Waals surface area (Å²) in [5, 5.41) is 9.21. The highest BCUT2D eigenvalue weighted by molar-refractivity contribution is 6.04. The highest BCUT2D eigenvalue weighted by Crippen LogP contribution is 2.35. The lowest BCUT2D eigenvalue weighted by atomic mass is 10.2. The number of rotatable bonds is 5. The van der Waals surface area contributed by atoms with Crippen molar-refractivity contribution in [3.05, 3.63) is 59.7 Å². The molecule has 12 heteroatoms. The molecule has 2 amide bonds. The molecule has 2 heterocycles. The van der Waals surface area contributed by atoms with Gasteiger partial charge in [-0.1, -0.05) is 5.21 Å². The lowest BCUT2D eigenvalue weighted by Crippen LogP contribution is -2.24. The third kappa shape index (κ3) is 4.36. The quantitative estimate of drug-likeness (QED) is 0.582. The Hall–Kier alpha value is -3.96. The van der Waals surface area contributed by atoms with Gasteiger partial charge in [-0.2, -0.15) is 13.2 Å². The predicted molar refractivity (Wildman–Crippen MR) is 109 cm³/mol. The number of carbonyl (C=O) groups is 2. The summed E-state index contributed by atoms with van der Waals surface area (Å²) >= 11 is 0. The monoisotopic (exact) mass is 463 g/mol. The number of aromatic nitrogens is 3. The summed E-state index contributed by atoms with van der Waals surface area (Å²) in [4.78, 5) is 26.2. The maximum absolute atomic E-state index is 13.8. The van der Waals surface area contributed by atoms with Crippen molar-refractivity contribution in [2.45, 2.75) is 19.0 Å². The van der Waals surface area contributed by atoms with Gasteiger partial charge in [0.05, 0.1) is 18.5 Å². The Labute approximate surface area is 184 Å². The summed E-state index contributed by atoms with van der Waals surface area (Å²) in [7, 11) is 1.38. The molecule has 172 valence electrons. The van der Waals surface area contributed by atoms with Gasteiger partial charge < -0.3 is 15.0 Å². The van der Waals surface area contributed by atoms with Gasteiger partial charge in [0.25, 0.3) is 5.91 Å². The molecule has 1 aliphatic heterocycles. The summed E-state index contributed by atoms with van der Waals surface area (Å²) in [5.74, 6) is -1.59. The van der Waals surface area contributed by atoms with Crippen molar-refractivity contribution in [1.29, 1.82) is 0 Å². The Kier molecular flexibility index (Phi) is 5.75. The van der Waals surface area contributed by atoms with Crippen LogP contribution in [0.1, 0.15) is 29.0 Å². The zero-order chi connectivity index (χ0) is 23.8. The van der Waals surface area contributed by atoms with E-state index in [0.29, 0.717) is 29.8 Å². The molecular formula is C21H17F4N5O3. The van der Waals surface area contributed by atoms with Crippen LogP contribution < -0.4 is 15.0 Å². The number of hydrogen-bond donors (Lipinski definition) is 1. The number of halogens is 4. The molecule has 1 aromatic heterocycles. The molecule has 0 saturated carbocycles. The normalized spacial score (nSPS) is 14.0. The first-order chi connectivity index (χ1) is 15.7. The number of amides is 2. The van der Waals surface area contributed by atoms with E-state index >= 15 is 0 Å². The first-order valence-electron chi connectivity index (χ1n) is 9.77. The Bertz CT molecular complexity index is 1210. The maximum Gasteiger partial charge on any atom is 0.435 e. The largest absolute Gasteiger partial charge is 0.494 e. The summed E-state index contributed by atoms with van der Waals surface area (Å²) in [5.41, 5.74) is -1.84. The second-order valence-corrected chi connectivity index (χ2v) is 7.16. The molecule has 0 spiro atoms. The molecule has 33 heavy (non-hydrogen) atoms. The molecule has 1 aliphatic rings. The zero-order valence-corrected chi connectivity index (χ0v) is 17.2. The minimum Gasteiger partial charge on any atom is -0.494 e. The van der Waals surface area contributed by atoms with E-state index in [0.717, 1.165) is 24.3 Å². The van der Waals surface area contributed by atoms with E-state index in [1.165, 1.54) is 25.3 Å². The maximum atomic E-state index is 13.8. The van der Waals surface area contributed by atoms with Crippen LogP contribution in [0.3, 0.4) is 0 Å². The third-order valence-corrected chi connectivity index (χ3v) is 5.03. The van der Waals surface area contributed by atoms with Crippen LogP contribution in [0.15, 0.2) is 42.5 Å². The molecule has 0 radical (unpaired) electrons. The second-order valence-electron chi connectivity index (χ2n) is 7.16. The van der Waals surface area contributed by atoms with Crippen molar-refractivity contribution in [3.63, 3.8) is 0 Å². The first-order valence-corrected chi connectivity index (χ1v) is 9.77. The van der Waals surface area contributed by atoms with Crippen molar-refractivity contribution >= 4 is 23.2 Å². The van der Waals surface area contributed by atoms with E-state index in [9.17, 15) is 27.2 Å². The van der Waals surface area contributed by atoms with Gasteiger partial charge in [0.1, 0.15) is 11.6 Å². The Balaban J connectivity index is 1.65. The van der Waals surface area contributed by atoms with Gasteiger partial charge in [0.15, 0.2) is 11.4 Å². The number of hydrogen-bond acceptors (Lipinski definition) is 5. The lowest BCUT2D eigenvalue weighted by molar-refractivity contribution is -0.143. The van der Waals surface area contributed by atoms with Crippen molar-refractivity contribution < 1.29 is 31.9 Å². The standard InChI is InChI=1S/C21H17F4N5O3/c1-33-16-11-13(6-9-15(16)29-10-2-3-17(29)31)26-20(32)18-19(21(23,24)25)30(28-27-18)14-7-4-12(22)5-8-14/h4-9,11H,2-3,10H2,1H3,(H,26,32). The molecule has 4 rings (SSSR count). The highest BCUT2D eigenvalue weighted by atomic mass is 19.4. The topological polar surface area (TPSA) is 89.3 Å². The molecule has 0 unspecified atom stereocenters. The molecule has 8 nitrogen and oxygen atoms in total. The Morgan fingerprint density at radius 1 is 1.15 bits per heavy atom. The van der Waals surface area contributed by atoms with Gasteiger partial charge in [-0.3, -0.25) is 9.59 Å². The minimum absolute atomic E-state index is 0.0719. The van der Waals surface area contributed by atoms with Crippen LogP contribution in [-0.4, -0.2) is 40.5 Å². The zero-order valence-electron chi connectivity index (χ0n) is 17.2. The van der Waals surface area contributed by atoms with E-state index in [-0.39, 0.29) is 23.0 Å². The Morgan fingerprint density at radius 3 is 2.48 bits per heavy atom. The fourth-order valence-electron chi connectivity index (χ4n) is 3.52. The van der Waals surface area contributed by atoms with Crippen molar-refractivity contribution in [1.82, 2.24) is 15.0 Å². The van der Waals surface area contributed by atoms with Crippen LogP contribution in [0, 0.1) is 5.82 Å². The first kappa shape index (κ1) is 22.2. The van der Waals surface area contributed by atoms with Crippen LogP contribution >= 0.6 is 0 Å². The van der Waals surface area contributed by atoms with E-state index in [1.54, 1.807) is 4.90 Å². The van der Waals surface area contributed by atoms with E-state index < -0.39 is 29.3 Å². The lowest BCUT2D eigenvalue weighted by Gasteiger charge is -2.19. The van der Waals surface area contributed by atoms with Gasteiger partial charge in [0, 0.05) is 24.7 Å². The Morgan fingerprint density at radius 2 is 1.88 bits per heavy atom. The summed E-state index contributed by atoms with van der Waals surface area (Å²) in [6.07, 6.45) is -3.86. The van der Waals surface area contributed by atoms with Gasteiger partial charge >= 0.3 is 6.18 Å². The third-order valence-electron chi connectivity index (χ3n) is 5.03. The molecule has 0 atom stereocenters. The van der Waals surface area contributed by atoms with E-state index in [4.69, 9.17) is 4.74 Å². The number of alkyl halides is 3. The van der Waals surface area contributed by atoms with Crippen LogP contribution in [0.25, 0.3) is 5.69 Å². The fraction of sp³-hybridized carbons (Fsp3) is 0.238. The number of nitrogens with zero attached hydrogens (tertiary/aromatic N) is 4. The number of methoxy groups -OCH3 is 1. The summed E-state index contributed by atoms with van der Waals surface area (Å²) in [6.45, 7) is 0.516. The average Bonchev–Trinajstić information content (AvgIpc) is 3.41. The van der Waals surface area contributed by atoms with Crippen LogP contribution in [0.2, 0.25) is 0 Å². The van der Waals surface area contributed by atoms with Gasteiger partial charge in [-0.25, -0.2) is 9.07 Å². The molecule has 1 saturated heterocycles. The highest BCUT2D eigenvalue weighted by Gasteiger charge is 2.42. The fourth-order valence-corrected chi connectivity index (χ4v) is 3.52. The van der Waals surface area contributed by atoms with Crippen molar-refractivity contribution in [2.24, 2.45) is 0 Å². The average molecular weight is 463 g/mol. The van der Waals surface area contributed by atoms with Crippen LogP contribution in [-0.2, 0) is 11.0 Å². The minimum atomic E-state index is -4.97. The number of nitrogens with one attached hydrogen (secondary N) is 1. The number of anilines is 2. The van der Waals surface area contributed by atoms with Gasteiger partial charge in [0.2, 0.25) is 5.91 Å². The molecule has 0 aliphatic carbocycles. The van der Waals surface area contributed by atoms with Gasteiger partial charge in [-0.15, -0.1) is 5.10 Å². The molecule has 0 bridgehead atoms. The molecule has 1 fully saturated rings. The summed E-state index contributed by atoms with van der Waals surface area (Å²) < 4.78 is 60.2.